The zero-order valence-corrected chi connectivity index (χ0v) is 25.2. The van der Waals surface area contributed by atoms with E-state index in [2.05, 4.69) is 31.3 Å². The second-order valence-corrected chi connectivity index (χ2v) is 13.4. The maximum Gasteiger partial charge on any atom is 0.223 e. The Morgan fingerprint density at radius 3 is 2.41 bits per heavy atom. The van der Waals surface area contributed by atoms with Gasteiger partial charge in [0.15, 0.2) is 0 Å². The molecule has 2 N–H and O–H groups in total. The van der Waals surface area contributed by atoms with Crippen molar-refractivity contribution in [1.29, 1.82) is 0 Å². The highest BCUT2D eigenvalue weighted by Crippen LogP contribution is 2.37. The lowest BCUT2D eigenvalue weighted by Gasteiger charge is -2.26. The summed E-state index contributed by atoms with van der Waals surface area (Å²) < 4.78 is 2.19. The molecule has 0 saturated heterocycles. The quantitative estimate of drug-likeness (QED) is 0.315. The lowest BCUT2D eigenvalue weighted by Crippen LogP contribution is -2.41. The predicted octanol–water partition coefficient (Wildman–Crippen LogP) is 6.17. The number of aromatic nitrogens is 2. The Hall–Kier alpha value is -2.44. The summed E-state index contributed by atoms with van der Waals surface area (Å²) in [6.45, 7) is 2.29. The van der Waals surface area contributed by atoms with Crippen LogP contribution in [0.1, 0.15) is 115 Å². The van der Waals surface area contributed by atoms with Crippen molar-refractivity contribution in [1.82, 2.24) is 20.2 Å². The summed E-state index contributed by atoms with van der Waals surface area (Å²) in [5, 5.41) is 6.65. The van der Waals surface area contributed by atoms with Crippen LogP contribution in [0.3, 0.4) is 0 Å². The molecule has 1 aromatic rings. The van der Waals surface area contributed by atoms with E-state index in [4.69, 9.17) is 0 Å². The van der Waals surface area contributed by atoms with E-state index in [0.717, 1.165) is 69.6 Å². The maximum absolute atomic E-state index is 13.6. The van der Waals surface area contributed by atoms with Crippen LogP contribution in [0.4, 0.5) is 0 Å². The fourth-order valence-electron chi connectivity index (χ4n) is 7.77. The Morgan fingerprint density at radius 1 is 0.854 bits per heavy atom. The van der Waals surface area contributed by atoms with Crippen molar-refractivity contribution in [3.8, 4) is 0 Å². The number of rotatable bonds is 11. The molecule has 2 amide bonds. The van der Waals surface area contributed by atoms with E-state index < -0.39 is 0 Å². The molecule has 0 spiro atoms. The molecule has 7 nitrogen and oxygen atoms in total. The minimum atomic E-state index is -0.0763. The summed E-state index contributed by atoms with van der Waals surface area (Å²) in [5.74, 6) is 1.64. The van der Waals surface area contributed by atoms with Crippen LogP contribution in [-0.2, 0) is 22.6 Å². The van der Waals surface area contributed by atoms with Gasteiger partial charge in [0.1, 0.15) is 0 Å². The first-order chi connectivity index (χ1) is 20.1. The van der Waals surface area contributed by atoms with Crippen LogP contribution in [0.15, 0.2) is 29.2 Å². The van der Waals surface area contributed by atoms with Crippen LogP contribution in [0, 0.1) is 23.7 Å². The van der Waals surface area contributed by atoms with E-state index >= 15 is 0 Å². The number of aliphatic imine (C=N–C) groups is 1. The van der Waals surface area contributed by atoms with E-state index in [1.54, 1.807) is 0 Å². The molecule has 3 aliphatic carbocycles. The third-order valence-corrected chi connectivity index (χ3v) is 10.3. The highest BCUT2D eigenvalue weighted by atomic mass is 16.2. The number of allylic oxidation sites excluding steroid dienone is 1. The largest absolute Gasteiger partial charge is 0.355 e. The second-order valence-electron chi connectivity index (χ2n) is 13.4. The molecule has 41 heavy (non-hydrogen) atoms. The Morgan fingerprint density at radius 2 is 1.63 bits per heavy atom. The molecule has 3 unspecified atom stereocenters. The van der Waals surface area contributed by atoms with Crippen LogP contribution in [0.5, 0.6) is 0 Å². The van der Waals surface area contributed by atoms with Crippen molar-refractivity contribution < 1.29 is 9.59 Å². The van der Waals surface area contributed by atoms with Gasteiger partial charge >= 0.3 is 0 Å². The lowest BCUT2D eigenvalue weighted by molar-refractivity contribution is -0.128. The molecule has 5 rings (SSSR count). The third kappa shape index (κ3) is 9.27. The fourth-order valence-corrected chi connectivity index (χ4v) is 7.77. The summed E-state index contributed by atoms with van der Waals surface area (Å²) in [4.78, 5) is 35.7. The standard InChI is InChI=1S/C34H53N5O2/c40-33(37-20-17-32-23-36-25-39(32)24-28-15-18-35-19-16-28)30-21-27(12-11-26-7-3-1-4-8-26)13-14-29(22-30)34(41)38-31-9-5-2-6-10-31/h15,18,23,25-27,29-31H,1-14,16-17,19-22,24H2,(H,37,40)(H,38,41). The van der Waals surface area contributed by atoms with Crippen molar-refractivity contribution in [2.75, 3.05) is 13.1 Å². The second kappa shape index (κ2) is 15.7. The van der Waals surface area contributed by atoms with Crippen molar-refractivity contribution in [2.24, 2.45) is 28.7 Å². The van der Waals surface area contributed by atoms with Crippen LogP contribution >= 0.6 is 0 Å². The SMILES string of the molecule is O=C(NCCc1cncn1CC1=CC=NCC1)C1CC(CCC2CCCCC2)CCC(C(=O)NC2CCCCC2)C1. The first kappa shape index (κ1) is 30.0. The van der Waals surface area contributed by atoms with E-state index in [1.165, 1.54) is 69.8 Å². The van der Waals surface area contributed by atoms with E-state index in [-0.39, 0.29) is 23.7 Å². The van der Waals surface area contributed by atoms with Crippen LogP contribution in [0.25, 0.3) is 0 Å². The number of nitrogens with zero attached hydrogens (tertiary/aromatic N) is 3. The van der Waals surface area contributed by atoms with Crippen LogP contribution < -0.4 is 10.6 Å². The van der Waals surface area contributed by atoms with Gasteiger partial charge in [-0.05, 0) is 68.4 Å². The summed E-state index contributed by atoms with van der Waals surface area (Å²) in [5.41, 5.74) is 2.50. The van der Waals surface area contributed by atoms with Gasteiger partial charge in [0.25, 0.3) is 0 Å². The first-order valence-electron chi connectivity index (χ1n) is 16.9. The van der Waals surface area contributed by atoms with Crippen molar-refractivity contribution in [3.05, 3.63) is 29.9 Å². The van der Waals surface area contributed by atoms with Gasteiger partial charge in [-0.1, -0.05) is 64.2 Å². The molecule has 0 aromatic carbocycles. The molecule has 2 heterocycles. The van der Waals surface area contributed by atoms with Gasteiger partial charge in [-0.2, -0.15) is 0 Å². The average molecular weight is 564 g/mol. The molecule has 3 fully saturated rings. The van der Waals surface area contributed by atoms with E-state index in [1.807, 2.05) is 18.7 Å². The van der Waals surface area contributed by atoms with Gasteiger partial charge < -0.3 is 15.2 Å². The molecule has 0 bridgehead atoms. The molecule has 1 aromatic heterocycles. The van der Waals surface area contributed by atoms with Gasteiger partial charge in [-0.15, -0.1) is 0 Å². The topological polar surface area (TPSA) is 88.4 Å². The predicted molar refractivity (Wildman–Crippen MR) is 165 cm³/mol. The van der Waals surface area contributed by atoms with E-state index in [0.29, 0.717) is 24.9 Å². The molecule has 3 saturated carbocycles. The average Bonchev–Trinajstić information content (AvgIpc) is 3.32. The van der Waals surface area contributed by atoms with Crippen molar-refractivity contribution >= 4 is 18.0 Å². The number of dihydropyridines is 1. The van der Waals surface area contributed by atoms with Crippen molar-refractivity contribution in [3.63, 3.8) is 0 Å². The van der Waals surface area contributed by atoms with E-state index in [9.17, 15) is 9.59 Å². The van der Waals surface area contributed by atoms with Gasteiger partial charge in [-0.3, -0.25) is 14.6 Å². The molecular formula is C34H53N5O2. The summed E-state index contributed by atoms with van der Waals surface area (Å²) in [7, 11) is 0. The normalized spacial score (nSPS) is 26.2. The molecule has 3 atom stereocenters. The smallest absolute Gasteiger partial charge is 0.223 e. The number of carbonyl (C=O) groups excluding carboxylic acids is 2. The minimum absolute atomic E-state index is 0.0407. The highest BCUT2D eigenvalue weighted by Gasteiger charge is 2.34. The van der Waals surface area contributed by atoms with Crippen LogP contribution in [0.2, 0.25) is 0 Å². The van der Waals surface area contributed by atoms with Crippen LogP contribution in [-0.4, -0.2) is 46.7 Å². The Balaban J connectivity index is 1.16. The molecule has 4 aliphatic rings. The fraction of sp³-hybridized carbons (Fsp3) is 0.765. The molecule has 0 radical (unpaired) electrons. The maximum atomic E-state index is 13.6. The van der Waals surface area contributed by atoms with Crippen molar-refractivity contribution in [2.45, 2.75) is 128 Å². The van der Waals surface area contributed by atoms with Gasteiger partial charge in [0.2, 0.25) is 11.8 Å². The summed E-state index contributed by atoms with van der Waals surface area (Å²) in [6.07, 6.45) is 28.6. The number of imidazole rings is 1. The number of hydrogen-bond acceptors (Lipinski definition) is 4. The highest BCUT2D eigenvalue weighted by molar-refractivity contribution is 5.82. The number of amides is 2. The monoisotopic (exact) mass is 563 g/mol. The number of carbonyl (C=O) groups is 2. The number of nitrogens with one attached hydrogen (secondary N) is 2. The first-order valence-corrected chi connectivity index (χ1v) is 16.9. The Bertz CT molecular complexity index is 1030. The zero-order valence-electron chi connectivity index (χ0n) is 25.2. The number of hydrogen-bond donors (Lipinski definition) is 2. The Labute approximate surface area is 247 Å². The van der Waals surface area contributed by atoms with Gasteiger partial charge in [0, 0.05) is 62.0 Å². The summed E-state index contributed by atoms with van der Waals surface area (Å²) in [6, 6.07) is 0.329. The zero-order chi connectivity index (χ0) is 28.3. The van der Waals surface area contributed by atoms with Gasteiger partial charge in [0.05, 0.1) is 6.33 Å². The molecular weight excluding hydrogens is 510 g/mol. The Kier molecular flexibility index (Phi) is 11.5. The molecule has 226 valence electrons. The molecule has 7 heteroatoms. The summed E-state index contributed by atoms with van der Waals surface area (Å²) >= 11 is 0. The third-order valence-electron chi connectivity index (χ3n) is 10.3. The van der Waals surface area contributed by atoms with Gasteiger partial charge in [-0.25, -0.2) is 4.98 Å². The lowest BCUT2D eigenvalue weighted by atomic mass is 9.81. The molecule has 1 aliphatic heterocycles. The minimum Gasteiger partial charge on any atom is -0.355 e.